The molecule has 2 N–H and O–H groups in total. The number of hydrogen-bond acceptors (Lipinski definition) is 6. The van der Waals surface area contributed by atoms with Gasteiger partial charge < -0.3 is 25.0 Å². The van der Waals surface area contributed by atoms with Crippen LogP contribution in [0.4, 0.5) is 11.4 Å². The minimum atomic E-state index is -0.231. The second-order valence-corrected chi connectivity index (χ2v) is 8.08. The summed E-state index contributed by atoms with van der Waals surface area (Å²) in [4.78, 5) is 27.2. The maximum atomic E-state index is 12.9. The van der Waals surface area contributed by atoms with Gasteiger partial charge in [0.1, 0.15) is 11.5 Å². The predicted octanol–water partition coefficient (Wildman–Crippen LogP) is 3.25. The highest BCUT2D eigenvalue weighted by Gasteiger charge is 2.21. The van der Waals surface area contributed by atoms with Crippen molar-refractivity contribution in [2.75, 3.05) is 56.0 Å². The van der Waals surface area contributed by atoms with Gasteiger partial charge in [-0.3, -0.25) is 9.59 Å². The van der Waals surface area contributed by atoms with Crippen LogP contribution in [0.15, 0.2) is 36.4 Å². The van der Waals surface area contributed by atoms with E-state index in [1.807, 2.05) is 41.8 Å². The molecule has 0 atom stereocenters. The Morgan fingerprint density at radius 1 is 1.07 bits per heavy atom. The molecule has 0 unspecified atom stereocenters. The number of nitrogens with one attached hydrogen (secondary N) is 2. The number of ether oxygens (including phenoxy) is 2. The summed E-state index contributed by atoms with van der Waals surface area (Å²) in [6.45, 7) is 3.49. The summed E-state index contributed by atoms with van der Waals surface area (Å²) in [7, 11) is 3.11. The molecule has 0 radical (unpaired) electrons. The van der Waals surface area contributed by atoms with Gasteiger partial charge in [-0.2, -0.15) is 11.8 Å². The zero-order valence-electron chi connectivity index (χ0n) is 17.5. The highest BCUT2D eigenvalue weighted by Crippen LogP contribution is 2.29. The van der Waals surface area contributed by atoms with Gasteiger partial charge in [0.25, 0.3) is 5.91 Å². The minimum absolute atomic E-state index is 0.0435. The van der Waals surface area contributed by atoms with Crippen LogP contribution in [0.5, 0.6) is 11.5 Å². The Morgan fingerprint density at radius 2 is 1.83 bits per heavy atom. The Morgan fingerprint density at radius 3 is 2.53 bits per heavy atom. The zero-order valence-corrected chi connectivity index (χ0v) is 18.3. The molecule has 0 aliphatic carbocycles. The SMILES string of the molecule is COc1ccc(OC)c(NC(=O)CNc2cccc(C(=O)N3CCSCC3)c2C)c1. The largest absolute Gasteiger partial charge is 0.497 e. The van der Waals surface area contributed by atoms with Crippen LogP contribution in [-0.2, 0) is 4.79 Å². The van der Waals surface area contributed by atoms with Crippen molar-refractivity contribution in [1.29, 1.82) is 0 Å². The first-order valence-corrected chi connectivity index (χ1v) is 10.9. The van der Waals surface area contributed by atoms with Gasteiger partial charge in [0.15, 0.2) is 0 Å². The van der Waals surface area contributed by atoms with Gasteiger partial charge in [-0.15, -0.1) is 0 Å². The van der Waals surface area contributed by atoms with Crippen molar-refractivity contribution in [3.63, 3.8) is 0 Å². The summed E-state index contributed by atoms with van der Waals surface area (Å²) in [5.74, 6) is 2.92. The molecule has 8 heteroatoms. The van der Waals surface area contributed by atoms with Crippen molar-refractivity contribution in [2.45, 2.75) is 6.92 Å². The third kappa shape index (κ3) is 5.18. The van der Waals surface area contributed by atoms with Crippen molar-refractivity contribution in [3.8, 4) is 11.5 Å². The number of methoxy groups -OCH3 is 2. The molecule has 2 aromatic carbocycles. The van der Waals surface area contributed by atoms with Gasteiger partial charge >= 0.3 is 0 Å². The molecule has 1 heterocycles. The maximum Gasteiger partial charge on any atom is 0.254 e. The maximum absolute atomic E-state index is 12.9. The van der Waals surface area contributed by atoms with Crippen LogP contribution in [-0.4, -0.2) is 62.1 Å². The normalized spacial score (nSPS) is 13.5. The fourth-order valence-corrected chi connectivity index (χ4v) is 4.18. The van der Waals surface area contributed by atoms with Crippen molar-refractivity contribution < 1.29 is 19.1 Å². The molecule has 0 spiro atoms. The van der Waals surface area contributed by atoms with E-state index in [9.17, 15) is 9.59 Å². The Balaban J connectivity index is 1.66. The number of anilines is 2. The molecule has 0 saturated carbocycles. The first kappa shape index (κ1) is 21.8. The number of rotatable bonds is 7. The second-order valence-electron chi connectivity index (χ2n) is 6.85. The molecule has 7 nitrogen and oxygen atoms in total. The van der Waals surface area contributed by atoms with Gasteiger partial charge in [-0.25, -0.2) is 0 Å². The molecule has 1 fully saturated rings. The highest BCUT2D eigenvalue weighted by atomic mass is 32.2. The molecular formula is C22H27N3O4S. The van der Waals surface area contributed by atoms with E-state index >= 15 is 0 Å². The molecule has 160 valence electrons. The van der Waals surface area contributed by atoms with Gasteiger partial charge in [0.05, 0.1) is 26.5 Å². The lowest BCUT2D eigenvalue weighted by molar-refractivity contribution is -0.114. The molecular weight excluding hydrogens is 402 g/mol. The van der Waals surface area contributed by atoms with Crippen molar-refractivity contribution in [1.82, 2.24) is 4.90 Å². The first-order chi connectivity index (χ1) is 14.5. The van der Waals surface area contributed by atoms with Crippen LogP contribution in [0, 0.1) is 6.92 Å². The predicted molar refractivity (Wildman–Crippen MR) is 121 cm³/mol. The van der Waals surface area contributed by atoms with Crippen molar-refractivity contribution in [2.24, 2.45) is 0 Å². The van der Waals surface area contributed by atoms with E-state index in [1.165, 1.54) is 0 Å². The topological polar surface area (TPSA) is 79.9 Å². The summed E-state index contributed by atoms with van der Waals surface area (Å²) >= 11 is 1.87. The fraction of sp³-hybridized carbons (Fsp3) is 0.364. The lowest BCUT2D eigenvalue weighted by Crippen LogP contribution is -2.38. The second kappa shape index (κ2) is 10.2. The lowest BCUT2D eigenvalue weighted by atomic mass is 10.1. The number of carbonyl (C=O) groups is 2. The molecule has 1 aliphatic rings. The quantitative estimate of drug-likeness (QED) is 0.703. The summed E-state index contributed by atoms with van der Waals surface area (Å²) in [6, 6.07) is 10.8. The Kier molecular flexibility index (Phi) is 7.46. The number of hydrogen-bond donors (Lipinski definition) is 2. The van der Waals surface area contributed by atoms with E-state index in [2.05, 4.69) is 10.6 Å². The van der Waals surface area contributed by atoms with E-state index < -0.39 is 0 Å². The van der Waals surface area contributed by atoms with Crippen molar-refractivity contribution in [3.05, 3.63) is 47.5 Å². The number of thioether (sulfide) groups is 1. The standard InChI is InChI=1S/C22H27N3O4S/c1-15-17(22(27)25-9-11-30-12-10-25)5-4-6-18(15)23-14-21(26)24-19-13-16(28-2)7-8-20(19)29-3/h4-8,13,23H,9-12,14H2,1-3H3,(H,24,26). The van der Waals surface area contributed by atoms with E-state index in [1.54, 1.807) is 32.4 Å². The Bertz CT molecular complexity index is 913. The van der Waals surface area contributed by atoms with E-state index in [0.717, 1.165) is 35.8 Å². The summed E-state index contributed by atoms with van der Waals surface area (Å²) in [5.41, 5.74) is 2.81. The van der Waals surface area contributed by atoms with Crippen LogP contribution in [0.25, 0.3) is 0 Å². The van der Waals surface area contributed by atoms with Gasteiger partial charge in [0.2, 0.25) is 5.91 Å². The number of amides is 2. The van der Waals surface area contributed by atoms with Crippen LogP contribution in [0.1, 0.15) is 15.9 Å². The van der Waals surface area contributed by atoms with Gasteiger partial charge in [0, 0.05) is 41.9 Å². The minimum Gasteiger partial charge on any atom is -0.497 e. The lowest BCUT2D eigenvalue weighted by Gasteiger charge is -2.27. The monoisotopic (exact) mass is 429 g/mol. The fourth-order valence-electron chi connectivity index (χ4n) is 3.28. The number of carbonyl (C=O) groups excluding carboxylic acids is 2. The summed E-state index contributed by atoms with van der Waals surface area (Å²) in [5, 5.41) is 5.97. The molecule has 1 saturated heterocycles. The molecule has 3 rings (SSSR count). The average Bonchev–Trinajstić information content (AvgIpc) is 2.78. The molecule has 1 aliphatic heterocycles. The molecule has 0 aromatic heterocycles. The van der Waals surface area contributed by atoms with Crippen LogP contribution >= 0.6 is 11.8 Å². The average molecular weight is 430 g/mol. The first-order valence-electron chi connectivity index (χ1n) is 9.76. The van der Waals surface area contributed by atoms with E-state index in [4.69, 9.17) is 9.47 Å². The van der Waals surface area contributed by atoms with Crippen molar-refractivity contribution >= 4 is 35.0 Å². The van der Waals surface area contributed by atoms with Crippen LogP contribution in [0.3, 0.4) is 0 Å². The third-order valence-electron chi connectivity index (χ3n) is 4.98. The Labute approximate surface area is 181 Å². The number of benzene rings is 2. The summed E-state index contributed by atoms with van der Waals surface area (Å²) in [6.07, 6.45) is 0. The Hall–Kier alpha value is -2.87. The van der Waals surface area contributed by atoms with E-state index in [0.29, 0.717) is 22.7 Å². The third-order valence-corrected chi connectivity index (χ3v) is 5.93. The summed E-state index contributed by atoms with van der Waals surface area (Å²) < 4.78 is 10.5. The van der Waals surface area contributed by atoms with Crippen LogP contribution in [0.2, 0.25) is 0 Å². The smallest absolute Gasteiger partial charge is 0.254 e. The molecule has 30 heavy (non-hydrogen) atoms. The molecule has 2 amide bonds. The van der Waals surface area contributed by atoms with E-state index in [-0.39, 0.29) is 18.4 Å². The number of nitrogens with zero attached hydrogens (tertiary/aromatic N) is 1. The molecule has 0 bridgehead atoms. The van der Waals surface area contributed by atoms with Gasteiger partial charge in [-0.05, 0) is 36.8 Å². The zero-order chi connectivity index (χ0) is 21.5. The van der Waals surface area contributed by atoms with Gasteiger partial charge in [-0.1, -0.05) is 6.07 Å². The highest BCUT2D eigenvalue weighted by molar-refractivity contribution is 7.99. The molecule has 2 aromatic rings. The van der Waals surface area contributed by atoms with Crippen LogP contribution < -0.4 is 20.1 Å².